The van der Waals surface area contributed by atoms with Crippen molar-refractivity contribution >= 4 is 6.03 Å². The molecular formula is C13H24N3O. The summed E-state index contributed by atoms with van der Waals surface area (Å²) in [4.78, 5) is 16.3. The van der Waals surface area contributed by atoms with Gasteiger partial charge in [-0.2, -0.15) is 0 Å². The molecule has 0 aromatic rings. The number of likely N-dealkylation sites (N-methyl/N-ethyl adjacent to an activating group) is 1. The average molecular weight is 238 g/mol. The second-order valence-electron chi connectivity index (χ2n) is 4.96. The zero-order chi connectivity index (χ0) is 12.1. The van der Waals surface area contributed by atoms with Gasteiger partial charge in [-0.15, -0.1) is 0 Å². The van der Waals surface area contributed by atoms with Crippen molar-refractivity contribution in [3.63, 3.8) is 0 Å². The molecule has 0 aliphatic carbocycles. The summed E-state index contributed by atoms with van der Waals surface area (Å²) < 4.78 is 0. The number of carbonyl (C=O) groups excluding carboxylic acids is 1. The quantitative estimate of drug-likeness (QED) is 0.808. The molecule has 0 saturated carbocycles. The highest BCUT2D eigenvalue weighted by Gasteiger charge is 2.24. The van der Waals surface area contributed by atoms with Crippen molar-refractivity contribution in [3.05, 3.63) is 6.42 Å². The molecule has 2 fully saturated rings. The summed E-state index contributed by atoms with van der Waals surface area (Å²) in [6, 6.07) is 0.682. The predicted molar refractivity (Wildman–Crippen MR) is 68.8 cm³/mol. The van der Waals surface area contributed by atoms with Gasteiger partial charge < -0.3 is 10.2 Å². The van der Waals surface area contributed by atoms with Gasteiger partial charge >= 0.3 is 6.03 Å². The van der Waals surface area contributed by atoms with E-state index >= 15 is 0 Å². The van der Waals surface area contributed by atoms with Gasteiger partial charge in [-0.1, -0.05) is 6.92 Å². The minimum Gasteiger partial charge on any atom is -0.336 e. The van der Waals surface area contributed by atoms with E-state index in [1.165, 1.54) is 19.4 Å². The number of nitrogens with one attached hydrogen (secondary N) is 1. The number of hydrogen-bond acceptors (Lipinski definition) is 2. The number of likely N-dealkylation sites (tertiary alicyclic amines) is 2. The molecule has 4 heteroatoms. The number of carbonyl (C=O) groups is 1. The van der Waals surface area contributed by atoms with Crippen molar-refractivity contribution < 1.29 is 4.79 Å². The first-order valence-corrected chi connectivity index (χ1v) is 6.89. The van der Waals surface area contributed by atoms with Gasteiger partial charge in [-0.25, -0.2) is 4.79 Å². The normalized spacial score (nSPS) is 26.2. The Balaban J connectivity index is 1.71. The Morgan fingerprint density at radius 2 is 2.12 bits per heavy atom. The van der Waals surface area contributed by atoms with E-state index in [-0.39, 0.29) is 6.03 Å². The van der Waals surface area contributed by atoms with Gasteiger partial charge in [0.05, 0.1) is 0 Å². The van der Waals surface area contributed by atoms with E-state index in [0.29, 0.717) is 6.04 Å². The van der Waals surface area contributed by atoms with Crippen molar-refractivity contribution in [1.82, 2.24) is 15.1 Å². The molecule has 0 spiro atoms. The van der Waals surface area contributed by atoms with Crippen LogP contribution in [0.4, 0.5) is 4.79 Å². The van der Waals surface area contributed by atoms with E-state index in [1.54, 1.807) is 0 Å². The maximum Gasteiger partial charge on any atom is 0.317 e. The van der Waals surface area contributed by atoms with Crippen molar-refractivity contribution in [2.75, 3.05) is 32.7 Å². The standard InChI is InChI=1S/C13H24N3O/c1-2-15-10-6-7-12(15)11-14-13(17)16-8-4-3-5-9-16/h3,12H,2,4-11H2,1H3,(H,14,17)/t12-/m0/s1. The topological polar surface area (TPSA) is 35.6 Å². The molecule has 17 heavy (non-hydrogen) atoms. The maximum atomic E-state index is 11.9. The van der Waals surface area contributed by atoms with Crippen LogP contribution in [0.1, 0.15) is 32.6 Å². The Morgan fingerprint density at radius 3 is 2.82 bits per heavy atom. The summed E-state index contributed by atoms with van der Waals surface area (Å²) in [7, 11) is 0. The van der Waals surface area contributed by atoms with E-state index in [2.05, 4.69) is 23.6 Å². The van der Waals surface area contributed by atoms with Crippen LogP contribution in [0.15, 0.2) is 0 Å². The van der Waals surface area contributed by atoms with E-state index in [0.717, 1.165) is 39.0 Å². The van der Waals surface area contributed by atoms with Crippen LogP contribution in [0, 0.1) is 6.42 Å². The van der Waals surface area contributed by atoms with Crippen LogP contribution in [0.2, 0.25) is 0 Å². The summed E-state index contributed by atoms with van der Waals surface area (Å²) in [5, 5.41) is 3.09. The van der Waals surface area contributed by atoms with Crippen molar-refractivity contribution in [1.29, 1.82) is 0 Å². The van der Waals surface area contributed by atoms with Crippen LogP contribution in [0.25, 0.3) is 0 Å². The molecule has 0 unspecified atom stereocenters. The Hall–Kier alpha value is -0.770. The fourth-order valence-corrected chi connectivity index (χ4v) is 2.81. The summed E-state index contributed by atoms with van der Waals surface area (Å²) >= 11 is 0. The molecule has 0 bridgehead atoms. The third kappa shape index (κ3) is 3.35. The molecule has 0 aromatic carbocycles. The lowest BCUT2D eigenvalue weighted by Crippen LogP contribution is -2.47. The first kappa shape index (κ1) is 12.7. The van der Waals surface area contributed by atoms with E-state index in [4.69, 9.17) is 0 Å². The fourth-order valence-electron chi connectivity index (χ4n) is 2.81. The molecule has 2 heterocycles. The Kier molecular flexibility index (Phi) is 4.66. The lowest BCUT2D eigenvalue weighted by Gasteiger charge is -2.28. The monoisotopic (exact) mass is 238 g/mol. The molecule has 2 amide bonds. The number of nitrogens with zero attached hydrogens (tertiary/aromatic N) is 2. The summed E-state index contributed by atoms with van der Waals surface area (Å²) in [5.74, 6) is 0. The van der Waals surface area contributed by atoms with Crippen LogP contribution in [-0.4, -0.2) is 54.6 Å². The SMILES string of the molecule is CCN1CCC[C@H]1CNC(=O)N1CC[CH]CC1. The van der Waals surface area contributed by atoms with Gasteiger partial charge in [-0.3, -0.25) is 4.90 Å². The van der Waals surface area contributed by atoms with Crippen LogP contribution in [-0.2, 0) is 0 Å². The van der Waals surface area contributed by atoms with E-state index in [9.17, 15) is 4.79 Å². The highest BCUT2D eigenvalue weighted by molar-refractivity contribution is 5.74. The van der Waals surface area contributed by atoms with Crippen molar-refractivity contribution in [2.45, 2.75) is 38.6 Å². The van der Waals surface area contributed by atoms with Gasteiger partial charge in [0.25, 0.3) is 0 Å². The van der Waals surface area contributed by atoms with Crippen LogP contribution in [0.3, 0.4) is 0 Å². The predicted octanol–water partition coefficient (Wildman–Crippen LogP) is 1.48. The fraction of sp³-hybridized carbons (Fsp3) is 0.846. The van der Waals surface area contributed by atoms with Crippen LogP contribution < -0.4 is 5.32 Å². The second kappa shape index (κ2) is 6.24. The number of piperidine rings is 1. The smallest absolute Gasteiger partial charge is 0.317 e. The van der Waals surface area contributed by atoms with Gasteiger partial charge in [0.1, 0.15) is 0 Å². The first-order valence-electron chi connectivity index (χ1n) is 6.89. The highest BCUT2D eigenvalue weighted by Crippen LogP contribution is 2.15. The number of hydrogen-bond donors (Lipinski definition) is 1. The number of rotatable bonds is 3. The molecule has 2 saturated heterocycles. The van der Waals surface area contributed by atoms with Gasteiger partial charge in [0.15, 0.2) is 0 Å². The van der Waals surface area contributed by atoms with E-state index < -0.39 is 0 Å². The molecule has 2 aliphatic heterocycles. The highest BCUT2D eigenvalue weighted by atomic mass is 16.2. The lowest BCUT2D eigenvalue weighted by atomic mass is 10.1. The lowest BCUT2D eigenvalue weighted by molar-refractivity contribution is 0.187. The molecule has 97 valence electrons. The summed E-state index contributed by atoms with van der Waals surface area (Å²) in [6.07, 6.45) is 6.84. The molecule has 4 nitrogen and oxygen atoms in total. The Morgan fingerprint density at radius 1 is 1.35 bits per heavy atom. The minimum atomic E-state index is 0.126. The van der Waals surface area contributed by atoms with Crippen molar-refractivity contribution in [2.24, 2.45) is 0 Å². The molecule has 1 radical (unpaired) electrons. The zero-order valence-electron chi connectivity index (χ0n) is 10.8. The second-order valence-corrected chi connectivity index (χ2v) is 4.96. The third-order valence-electron chi connectivity index (χ3n) is 3.89. The van der Waals surface area contributed by atoms with Crippen LogP contribution in [0.5, 0.6) is 0 Å². The largest absolute Gasteiger partial charge is 0.336 e. The third-order valence-corrected chi connectivity index (χ3v) is 3.89. The van der Waals surface area contributed by atoms with E-state index in [1.807, 2.05) is 4.90 Å². The van der Waals surface area contributed by atoms with Gasteiger partial charge in [-0.05, 0) is 45.2 Å². The van der Waals surface area contributed by atoms with Crippen molar-refractivity contribution in [3.8, 4) is 0 Å². The summed E-state index contributed by atoms with van der Waals surface area (Å²) in [6.45, 7) is 7.06. The molecule has 1 N–H and O–H groups in total. The average Bonchev–Trinajstić information content (AvgIpc) is 2.84. The maximum absolute atomic E-state index is 11.9. The first-order chi connectivity index (χ1) is 8.31. The van der Waals surface area contributed by atoms with Gasteiger partial charge in [0.2, 0.25) is 0 Å². The minimum absolute atomic E-state index is 0.126. The molecule has 2 rings (SSSR count). The van der Waals surface area contributed by atoms with Crippen LogP contribution >= 0.6 is 0 Å². The molecular weight excluding hydrogens is 214 g/mol. The summed E-state index contributed by atoms with van der Waals surface area (Å²) in [5.41, 5.74) is 0. The van der Waals surface area contributed by atoms with Gasteiger partial charge in [0, 0.05) is 25.7 Å². The molecule has 2 aliphatic rings. The Labute approximate surface area is 104 Å². The molecule has 0 aromatic heterocycles. The number of amides is 2. The molecule has 1 atom stereocenters. The Bertz CT molecular complexity index is 251. The zero-order valence-corrected chi connectivity index (χ0v) is 10.8. The number of urea groups is 1.